The molecular weight excluding hydrogens is 286 g/mol. The third-order valence-electron chi connectivity index (χ3n) is 4.21. The monoisotopic (exact) mass is 311 g/mol. The molecule has 0 atom stereocenters. The van der Waals surface area contributed by atoms with E-state index in [-0.39, 0.29) is 11.4 Å². The average Bonchev–Trinajstić information content (AvgIpc) is 2.82. The van der Waals surface area contributed by atoms with Gasteiger partial charge >= 0.3 is 5.97 Å². The van der Waals surface area contributed by atoms with Gasteiger partial charge < -0.3 is 15.0 Å². The summed E-state index contributed by atoms with van der Waals surface area (Å²) in [6.45, 7) is 9.50. The Morgan fingerprint density at radius 1 is 1.48 bits per heavy atom. The summed E-state index contributed by atoms with van der Waals surface area (Å²) in [6.07, 6.45) is 2.34. The van der Waals surface area contributed by atoms with Crippen LogP contribution in [0.5, 0.6) is 0 Å². The van der Waals surface area contributed by atoms with Crippen molar-refractivity contribution in [2.75, 3.05) is 38.6 Å². The Kier molecular flexibility index (Phi) is 5.22. The number of aromatic nitrogens is 1. The van der Waals surface area contributed by atoms with Crippen LogP contribution in [-0.2, 0) is 4.74 Å². The van der Waals surface area contributed by atoms with Gasteiger partial charge in [0.05, 0.1) is 12.3 Å². The van der Waals surface area contributed by atoms with Gasteiger partial charge in [-0.05, 0) is 63.8 Å². The lowest BCUT2D eigenvalue weighted by Gasteiger charge is -2.38. The van der Waals surface area contributed by atoms with Crippen molar-refractivity contribution < 1.29 is 9.53 Å². The molecule has 0 saturated carbocycles. The van der Waals surface area contributed by atoms with E-state index in [0.29, 0.717) is 12.2 Å². The van der Waals surface area contributed by atoms with E-state index in [1.54, 1.807) is 0 Å². The number of nitrogens with zero attached hydrogens (tertiary/aromatic N) is 2. The molecule has 6 heteroatoms. The number of hydrogen-bond acceptors (Lipinski definition) is 6. The largest absolute Gasteiger partial charge is 0.462 e. The summed E-state index contributed by atoms with van der Waals surface area (Å²) in [5, 5.41) is 4.27. The van der Waals surface area contributed by atoms with Gasteiger partial charge in [0.15, 0.2) is 0 Å². The first-order valence-electron chi connectivity index (χ1n) is 7.51. The normalized spacial score (nSPS) is 18.5. The predicted molar refractivity (Wildman–Crippen MR) is 86.1 cm³/mol. The van der Waals surface area contributed by atoms with Crippen LogP contribution in [0.25, 0.3) is 0 Å². The summed E-state index contributed by atoms with van der Waals surface area (Å²) >= 11 is 1.35. The molecule has 1 fully saturated rings. The molecule has 1 saturated heterocycles. The fourth-order valence-electron chi connectivity index (χ4n) is 2.56. The molecule has 0 unspecified atom stereocenters. The molecule has 2 rings (SSSR count). The van der Waals surface area contributed by atoms with Gasteiger partial charge in [0.1, 0.15) is 10.6 Å². The fourth-order valence-corrected chi connectivity index (χ4v) is 3.34. The van der Waals surface area contributed by atoms with E-state index in [4.69, 9.17) is 4.74 Å². The van der Waals surface area contributed by atoms with Crippen LogP contribution >= 0.6 is 11.5 Å². The lowest BCUT2D eigenvalue weighted by Crippen LogP contribution is -2.40. The number of hydrogen-bond donors (Lipinski definition) is 1. The summed E-state index contributed by atoms with van der Waals surface area (Å²) in [7, 11) is 2.17. The Morgan fingerprint density at radius 2 is 2.14 bits per heavy atom. The van der Waals surface area contributed by atoms with Crippen molar-refractivity contribution in [2.24, 2.45) is 5.41 Å². The van der Waals surface area contributed by atoms with E-state index in [1.165, 1.54) is 24.4 Å². The van der Waals surface area contributed by atoms with Gasteiger partial charge in [-0.3, -0.25) is 0 Å². The molecule has 1 aromatic heterocycles. The van der Waals surface area contributed by atoms with Crippen LogP contribution in [0.3, 0.4) is 0 Å². The second-order valence-electron chi connectivity index (χ2n) is 6.16. The van der Waals surface area contributed by atoms with Gasteiger partial charge in [0, 0.05) is 6.54 Å². The molecule has 0 aromatic carbocycles. The zero-order valence-electron chi connectivity index (χ0n) is 13.4. The van der Waals surface area contributed by atoms with E-state index in [2.05, 4.69) is 28.6 Å². The highest BCUT2D eigenvalue weighted by Gasteiger charge is 2.29. The molecule has 21 heavy (non-hydrogen) atoms. The first-order valence-corrected chi connectivity index (χ1v) is 8.28. The molecule has 0 amide bonds. The quantitative estimate of drug-likeness (QED) is 0.847. The molecule has 2 heterocycles. The van der Waals surface area contributed by atoms with E-state index >= 15 is 0 Å². The van der Waals surface area contributed by atoms with E-state index in [1.807, 2.05) is 13.8 Å². The van der Waals surface area contributed by atoms with Gasteiger partial charge in [-0.1, -0.05) is 6.92 Å². The molecule has 0 bridgehead atoms. The summed E-state index contributed by atoms with van der Waals surface area (Å²) < 4.78 is 9.41. The number of nitrogens with one attached hydrogen (secondary N) is 1. The van der Waals surface area contributed by atoms with Crippen LogP contribution in [0.4, 0.5) is 5.00 Å². The van der Waals surface area contributed by atoms with Crippen LogP contribution in [-0.4, -0.2) is 48.5 Å². The zero-order chi connectivity index (χ0) is 15.5. The smallest absolute Gasteiger partial charge is 0.343 e. The molecule has 1 aliphatic rings. The van der Waals surface area contributed by atoms with Crippen molar-refractivity contribution in [1.29, 1.82) is 0 Å². The second kappa shape index (κ2) is 6.75. The number of piperidine rings is 1. The lowest BCUT2D eigenvalue weighted by molar-refractivity contribution is 0.0526. The van der Waals surface area contributed by atoms with E-state index < -0.39 is 0 Å². The first-order chi connectivity index (χ1) is 9.95. The van der Waals surface area contributed by atoms with Crippen molar-refractivity contribution in [3.8, 4) is 0 Å². The molecule has 1 aromatic rings. The summed E-state index contributed by atoms with van der Waals surface area (Å²) in [5.74, 6) is -0.278. The van der Waals surface area contributed by atoms with Crippen LogP contribution < -0.4 is 5.32 Å². The van der Waals surface area contributed by atoms with Crippen LogP contribution in [0.15, 0.2) is 0 Å². The van der Waals surface area contributed by atoms with Crippen molar-refractivity contribution in [3.63, 3.8) is 0 Å². The summed E-state index contributed by atoms with van der Waals surface area (Å²) in [6, 6.07) is 0. The SMILES string of the molecule is CCOC(=O)c1c(C)nsc1NCC1(C)CCN(C)CC1. The van der Waals surface area contributed by atoms with Crippen LogP contribution in [0, 0.1) is 12.3 Å². The Morgan fingerprint density at radius 3 is 2.76 bits per heavy atom. The number of rotatable bonds is 5. The molecular formula is C15H25N3O2S. The fraction of sp³-hybridized carbons (Fsp3) is 0.733. The van der Waals surface area contributed by atoms with Crippen molar-refractivity contribution in [1.82, 2.24) is 9.27 Å². The lowest BCUT2D eigenvalue weighted by atomic mass is 9.80. The molecule has 1 N–H and O–H groups in total. The minimum atomic E-state index is -0.278. The van der Waals surface area contributed by atoms with Crippen molar-refractivity contribution in [3.05, 3.63) is 11.3 Å². The van der Waals surface area contributed by atoms with E-state index in [0.717, 1.165) is 30.3 Å². The van der Waals surface area contributed by atoms with Gasteiger partial charge in [-0.2, -0.15) is 4.37 Å². The molecule has 0 spiro atoms. The summed E-state index contributed by atoms with van der Waals surface area (Å²) in [5.41, 5.74) is 1.61. The molecule has 1 aliphatic heterocycles. The third kappa shape index (κ3) is 3.95. The Hall–Kier alpha value is -1.14. The Bertz CT molecular complexity index is 493. The maximum absolute atomic E-state index is 12.0. The van der Waals surface area contributed by atoms with E-state index in [9.17, 15) is 4.79 Å². The average molecular weight is 311 g/mol. The second-order valence-corrected chi connectivity index (χ2v) is 6.93. The van der Waals surface area contributed by atoms with Gasteiger partial charge in [-0.15, -0.1) is 0 Å². The van der Waals surface area contributed by atoms with Gasteiger partial charge in [0.25, 0.3) is 0 Å². The first kappa shape index (κ1) is 16.2. The number of carbonyl (C=O) groups is 1. The number of aryl methyl sites for hydroxylation is 1. The van der Waals surface area contributed by atoms with Crippen molar-refractivity contribution >= 4 is 22.5 Å². The standard InChI is InChI=1S/C15H25N3O2S/c1-5-20-14(19)12-11(2)17-21-13(12)16-10-15(3)6-8-18(4)9-7-15/h16H,5-10H2,1-4H3. The number of likely N-dealkylation sites (tertiary alicyclic amines) is 1. The molecule has 5 nitrogen and oxygen atoms in total. The molecule has 0 radical (unpaired) electrons. The van der Waals surface area contributed by atoms with Gasteiger partial charge in [0.2, 0.25) is 0 Å². The highest BCUT2D eigenvalue weighted by molar-refractivity contribution is 7.10. The minimum absolute atomic E-state index is 0.274. The Balaban J connectivity index is 2.02. The highest BCUT2D eigenvalue weighted by Crippen LogP contribution is 2.32. The maximum Gasteiger partial charge on any atom is 0.343 e. The molecule has 0 aliphatic carbocycles. The number of anilines is 1. The predicted octanol–water partition coefficient (Wildman–Crippen LogP) is 2.77. The number of esters is 1. The number of carbonyl (C=O) groups excluding carboxylic acids is 1. The number of ether oxygens (including phenoxy) is 1. The Labute approximate surface area is 130 Å². The van der Waals surface area contributed by atoms with Crippen molar-refractivity contribution in [2.45, 2.75) is 33.6 Å². The minimum Gasteiger partial charge on any atom is -0.462 e. The van der Waals surface area contributed by atoms with Crippen LogP contribution in [0.1, 0.15) is 42.7 Å². The highest BCUT2D eigenvalue weighted by atomic mass is 32.1. The third-order valence-corrected chi connectivity index (χ3v) is 5.11. The molecule has 118 valence electrons. The topological polar surface area (TPSA) is 54.5 Å². The zero-order valence-corrected chi connectivity index (χ0v) is 14.2. The summed E-state index contributed by atoms with van der Waals surface area (Å²) in [4.78, 5) is 14.4. The van der Waals surface area contributed by atoms with Gasteiger partial charge in [-0.25, -0.2) is 4.79 Å². The maximum atomic E-state index is 12.0. The van der Waals surface area contributed by atoms with Crippen LogP contribution in [0.2, 0.25) is 0 Å².